The molecule has 1 rings (SSSR count). The highest BCUT2D eigenvalue weighted by Gasteiger charge is 2.31. The lowest BCUT2D eigenvalue weighted by atomic mass is 10.0. The van der Waals surface area contributed by atoms with Gasteiger partial charge in [-0.2, -0.15) is 0 Å². The van der Waals surface area contributed by atoms with Gasteiger partial charge in [0, 0.05) is 5.75 Å². The minimum absolute atomic E-state index is 0.0961. The minimum Gasteiger partial charge on any atom is -0.395 e. The van der Waals surface area contributed by atoms with E-state index in [4.69, 9.17) is 5.11 Å². The van der Waals surface area contributed by atoms with Crippen molar-refractivity contribution in [1.82, 2.24) is 0 Å². The predicted molar refractivity (Wildman–Crippen MR) is 66.5 cm³/mol. The van der Waals surface area contributed by atoms with E-state index in [9.17, 15) is 13.5 Å². The number of rotatable bonds is 5. The Morgan fingerprint density at radius 3 is 2.47 bits per heavy atom. The van der Waals surface area contributed by atoms with Gasteiger partial charge in [0.05, 0.1) is 12.7 Å². The molecular weight excluding hydrogens is 240 g/mol. The Morgan fingerprint density at radius 1 is 1.35 bits per heavy atom. The quantitative estimate of drug-likeness (QED) is 0.820. The lowest BCUT2D eigenvalue weighted by molar-refractivity contribution is 0.138. The first-order chi connectivity index (χ1) is 7.92. The highest BCUT2D eigenvalue weighted by molar-refractivity contribution is 7.92. The Balaban J connectivity index is 3.06. The van der Waals surface area contributed by atoms with Crippen LogP contribution in [0, 0.1) is 6.92 Å². The molecule has 2 N–H and O–H groups in total. The monoisotopic (exact) mass is 258 g/mol. The maximum atomic E-state index is 11.7. The molecule has 0 fully saturated rings. The molecule has 1 aromatic carbocycles. The summed E-state index contributed by atoms with van der Waals surface area (Å²) in [5.41, 5.74) is 1.45. The minimum atomic E-state index is -3.47. The molecule has 0 heterocycles. The normalized spacial score (nSPS) is 15.5. The molecule has 0 spiro atoms. The first kappa shape index (κ1) is 14.2. The van der Waals surface area contributed by atoms with Crippen molar-refractivity contribution in [3.05, 3.63) is 35.4 Å². The fraction of sp³-hybridized carbons (Fsp3) is 0.500. The molecule has 2 unspecified atom stereocenters. The zero-order valence-corrected chi connectivity index (χ0v) is 10.8. The van der Waals surface area contributed by atoms with Crippen LogP contribution >= 0.6 is 0 Å². The largest absolute Gasteiger partial charge is 0.395 e. The van der Waals surface area contributed by atoms with E-state index >= 15 is 0 Å². The Hall–Kier alpha value is -0.910. The summed E-state index contributed by atoms with van der Waals surface area (Å²) in [4.78, 5) is 0. The molecule has 96 valence electrons. The third-order valence-electron chi connectivity index (χ3n) is 2.78. The molecule has 0 aliphatic rings. The number of aliphatic hydroxyl groups excluding tert-OH is 2. The van der Waals surface area contributed by atoms with Gasteiger partial charge in [-0.25, -0.2) is 8.42 Å². The molecule has 5 heteroatoms. The number of aryl methyl sites for hydroxylation is 1. The molecule has 0 bridgehead atoms. The van der Waals surface area contributed by atoms with E-state index in [2.05, 4.69) is 0 Å². The van der Waals surface area contributed by atoms with Gasteiger partial charge in [-0.05, 0) is 12.5 Å². The van der Waals surface area contributed by atoms with Crippen molar-refractivity contribution in [1.29, 1.82) is 0 Å². The van der Waals surface area contributed by atoms with Crippen LogP contribution in [-0.2, 0) is 9.84 Å². The molecule has 17 heavy (non-hydrogen) atoms. The van der Waals surface area contributed by atoms with Crippen LogP contribution in [-0.4, -0.2) is 36.2 Å². The summed E-state index contributed by atoms with van der Waals surface area (Å²) in [6.45, 7) is 2.78. The number of sulfone groups is 1. The van der Waals surface area contributed by atoms with Crippen molar-refractivity contribution in [2.45, 2.75) is 25.2 Å². The maximum absolute atomic E-state index is 11.7. The fourth-order valence-corrected chi connectivity index (χ4v) is 2.90. The van der Waals surface area contributed by atoms with E-state index in [1.165, 1.54) is 6.92 Å². The molecule has 0 radical (unpaired) electrons. The first-order valence-electron chi connectivity index (χ1n) is 5.49. The van der Waals surface area contributed by atoms with Gasteiger partial charge in [0.25, 0.3) is 0 Å². The second kappa shape index (κ2) is 5.62. The molecule has 0 aliphatic heterocycles. The van der Waals surface area contributed by atoms with Crippen LogP contribution in [0.4, 0.5) is 0 Å². The van der Waals surface area contributed by atoms with Crippen molar-refractivity contribution < 1.29 is 18.6 Å². The number of benzene rings is 1. The number of hydrogen-bond acceptors (Lipinski definition) is 4. The average Bonchev–Trinajstić information content (AvgIpc) is 2.29. The van der Waals surface area contributed by atoms with Crippen LogP contribution in [0.3, 0.4) is 0 Å². The van der Waals surface area contributed by atoms with E-state index in [1.807, 2.05) is 13.0 Å². The summed E-state index contributed by atoms with van der Waals surface area (Å²) >= 11 is 0. The Bertz CT molecular complexity index is 467. The van der Waals surface area contributed by atoms with E-state index in [0.717, 1.165) is 5.56 Å². The van der Waals surface area contributed by atoms with E-state index < -0.39 is 27.8 Å². The summed E-state index contributed by atoms with van der Waals surface area (Å²) in [6, 6.07) is 6.99. The summed E-state index contributed by atoms with van der Waals surface area (Å²) in [6.07, 6.45) is -1.19. The highest BCUT2D eigenvalue weighted by atomic mass is 32.2. The Labute approximate surface area is 102 Å². The summed E-state index contributed by atoms with van der Waals surface area (Å²) in [7, 11) is -3.47. The zero-order chi connectivity index (χ0) is 13.1. The van der Waals surface area contributed by atoms with Gasteiger partial charge in [0.1, 0.15) is 5.25 Å². The first-order valence-corrected chi connectivity index (χ1v) is 7.21. The summed E-state index contributed by atoms with van der Waals surface area (Å²) in [5, 5.41) is 18.0. The van der Waals surface area contributed by atoms with Crippen molar-refractivity contribution in [2.75, 3.05) is 12.4 Å². The van der Waals surface area contributed by atoms with Crippen molar-refractivity contribution in [3.8, 4) is 0 Å². The number of aliphatic hydroxyl groups is 2. The predicted octanol–water partition coefficient (Wildman–Crippen LogP) is 0.824. The molecule has 0 amide bonds. The smallest absolute Gasteiger partial charge is 0.158 e. The molecule has 0 aliphatic carbocycles. The van der Waals surface area contributed by atoms with Crippen LogP contribution in [0.25, 0.3) is 0 Å². The van der Waals surface area contributed by atoms with Crippen LogP contribution in [0.1, 0.15) is 24.2 Å². The lowest BCUT2D eigenvalue weighted by Gasteiger charge is -2.21. The van der Waals surface area contributed by atoms with Gasteiger partial charge in [-0.1, -0.05) is 36.8 Å². The second-order valence-corrected chi connectivity index (χ2v) is 6.54. The molecule has 0 aromatic heterocycles. The molecule has 0 saturated carbocycles. The molecule has 0 saturated heterocycles. The third-order valence-corrected chi connectivity index (χ3v) is 4.91. The average molecular weight is 258 g/mol. The van der Waals surface area contributed by atoms with Crippen molar-refractivity contribution >= 4 is 9.84 Å². The van der Waals surface area contributed by atoms with Gasteiger partial charge in [-0.15, -0.1) is 0 Å². The summed E-state index contributed by atoms with van der Waals surface area (Å²) < 4.78 is 23.4. The molecule has 2 atom stereocenters. The van der Waals surface area contributed by atoms with Crippen LogP contribution in [0.5, 0.6) is 0 Å². The zero-order valence-electron chi connectivity index (χ0n) is 10.00. The third kappa shape index (κ3) is 3.28. The molecular formula is C12H18O4S. The highest BCUT2D eigenvalue weighted by Crippen LogP contribution is 2.23. The van der Waals surface area contributed by atoms with E-state index in [-0.39, 0.29) is 5.75 Å². The maximum Gasteiger partial charge on any atom is 0.158 e. The van der Waals surface area contributed by atoms with Crippen LogP contribution in [0.2, 0.25) is 0 Å². The molecule has 1 aromatic rings. The summed E-state index contributed by atoms with van der Waals surface area (Å²) in [5.74, 6) is -0.0961. The van der Waals surface area contributed by atoms with Crippen molar-refractivity contribution in [3.63, 3.8) is 0 Å². The van der Waals surface area contributed by atoms with Gasteiger partial charge < -0.3 is 10.2 Å². The topological polar surface area (TPSA) is 74.6 Å². The van der Waals surface area contributed by atoms with Gasteiger partial charge in [-0.3, -0.25) is 0 Å². The number of hydrogen-bond donors (Lipinski definition) is 2. The SMILES string of the molecule is CCS(=O)(=O)C(CO)C(O)c1cccc(C)c1. The lowest BCUT2D eigenvalue weighted by Crippen LogP contribution is -2.33. The van der Waals surface area contributed by atoms with Gasteiger partial charge in [0.2, 0.25) is 0 Å². The Kier molecular flexibility index (Phi) is 4.68. The van der Waals surface area contributed by atoms with E-state index in [0.29, 0.717) is 5.56 Å². The van der Waals surface area contributed by atoms with Crippen LogP contribution < -0.4 is 0 Å². The van der Waals surface area contributed by atoms with E-state index in [1.54, 1.807) is 18.2 Å². The second-order valence-electron chi connectivity index (χ2n) is 4.03. The molecule has 4 nitrogen and oxygen atoms in total. The van der Waals surface area contributed by atoms with Gasteiger partial charge in [0.15, 0.2) is 9.84 Å². The van der Waals surface area contributed by atoms with Crippen LogP contribution in [0.15, 0.2) is 24.3 Å². The standard InChI is InChI=1S/C12H18O4S/c1-3-17(15,16)11(8-13)12(14)10-6-4-5-9(2)7-10/h4-7,11-14H,3,8H2,1-2H3. The van der Waals surface area contributed by atoms with Gasteiger partial charge >= 0.3 is 0 Å². The fourth-order valence-electron chi connectivity index (χ4n) is 1.69. The Morgan fingerprint density at radius 2 is 2.00 bits per heavy atom. The van der Waals surface area contributed by atoms with Crippen molar-refractivity contribution in [2.24, 2.45) is 0 Å².